The third-order valence-corrected chi connectivity index (χ3v) is 8.30. The standard InChI is InChI=1S/C23H28FN3O3S/c1-25(2)31(29,30)26-15-13-22-19(16-26)6-5-14-27(22)23(28)18-11-9-17(10-12-18)20-7-3-4-8-21(20)24/h3-4,7-12,19,22H,5-6,13-16H2,1-2H3/t19-,22+/m1/s1. The van der Waals surface area contributed by atoms with Crippen molar-refractivity contribution >= 4 is 16.1 Å². The van der Waals surface area contributed by atoms with Gasteiger partial charge >= 0.3 is 0 Å². The van der Waals surface area contributed by atoms with Gasteiger partial charge in [-0.2, -0.15) is 17.0 Å². The van der Waals surface area contributed by atoms with Gasteiger partial charge < -0.3 is 4.90 Å². The Morgan fingerprint density at radius 2 is 1.74 bits per heavy atom. The number of hydrogen-bond donors (Lipinski definition) is 0. The van der Waals surface area contributed by atoms with E-state index in [0.29, 0.717) is 37.2 Å². The lowest BCUT2D eigenvalue weighted by molar-refractivity contribution is 0.0329. The van der Waals surface area contributed by atoms with Gasteiger partial charge in [0.25, 0.3) is 16.1 Å². The zero-order valence-electron chi connectivity index (χ0n) is 17.9. The summed E-state index contributed by atoms with van der Waals surface area (Å²) in [5.74, 6) is -0.197. The van der Waals surface area contributed by atoms with Crippen LogP contribution in [0.5, 0.6) is 0 Å². The smallest absolute Gasteiger partial charge is 0.281 e. The quantitative estimate of drug-likeness (QED) is 0.726. The summed E-state index contributed by atoms with van der Waals surface area (Å²) in [6.07, 6.45) is 2.41. The van der Waals surface area contributed by atoms with E-state index < -0.39 is 10.2 Å². The largest absolute Gasteiger partial charge is 0.335 e. The molecule has 2 aliphatic rings. The molecule has 2 aromatic carbocycles. The molecule has 0 spiro atoms. The normalized spacial score (nSPS) is 22.4. The fourth-order valence-corrected chi connectivity index (χ4v) is 5.89. The number of halogens is 1. The van der Waals surface area contributed by atoms with E-state index in [2.05, 4.69) is 0 Å². The van der Waals surface area contributed by atoms with Crippen LogP contribution in [-0.2, 0) is 10.2 Å². The maximum Gasteiger partial charge on any atom is 0.281 e. The van der Waals surface area contributed by atoms with Crippen LogP contribution in [0.1, 0.15) is 29.6 Å². The second-order valence-electron chi connectivity index (χ2n) is 8.46. The SMILES string of the molecule is CN(C)S(=O)(=O)N1CC[C@H]2[C@H](CCCN2C(=O)c2ccc(-c3ccccc3F)cc2)C1. The van der Waals surface area contributed by atoms with Crippen LogP contribution >= 0.6 is 0 Å². The van der Waals surface area contributed by atoms with E-state index in [1.54, 1.807) is 56.6 Å². The maximum atomic E-state index is 14.1. The Labute approximate surface area is 183 Å². The molecule has 0 unspecified atom stereocenters. The highest BCUT2D eigenvalue weighted by Crippen LogP contribution is 2.33. The van der Waals surface area contributed by atoms with E-state index in [1.165, 1.54) is 14.7 Å². The number of amides is 1. The van der Waals surface area contributed by atoms with Gasteiger partial charge in [0.15, 0.2) is 0 Å². The Bertz CT molecular complexity index is 1060. The van der Waals surface area contributed by atoms with E-state index in [-0.39, 0.29) is 23.7 Å². The molecule has 0 bridgehead atoms. The van der Waals surface area contributed by atoms with Crippen LogP contribution in [0, 0.1) is 11.7 Å². The highest BCUT2D eigenvalue weighted by Gasteiger charge is 2.41. The minimum absolute atomic E-state index is 0.0427. The minimum atomic E-state index is -3.44. The van der Waals surface area contributed by atoms with Gasteiger partial charge in [-0.1, -0.05) is 30.3 Å². The van der Waals surface area contributed by atoms with Crippen molar-refractivity contribution in [2.24, 2.45) is 5.92 Å². The summed E-state index contributed by atoms with van der Waals surface area (Å²) in [4.78, 5) is 15.2. The molecule has 31 heavy (non-hydrogen) atoms. The van der Waals surface area contributed by atoms with Crippen LogP contribution in [0.3, 0.4) is 0 Å². The van der Waals surface area contributed by atoms with Crippen molar-refractivity contribution in [3.8, 4) is 11.1 Å². The van der Waals surface area contributed by atoms with Crippen LogP contribution < -0.4 is 0 Å². The molecule has 8 heteroatoms. The fraction of sp³-hybridized carbons (Fsp3) is 0.435. The first-order chi connectivity index (χ1) is 14.8. The fourth-order valence-electron chi connectivity index (χ4n) is 4.72. The van der Waals surface area contributed by atoms with Gasteiger partial charge in [0.1, 0.15) is 5.82 Å². The molecule has 0 saturated carbocycles. The molecule has 0 aromatic heterocycles. The first-order valence-corrected chi connectivity index (χ1v) is 12.0. The van der Waals surface area contributed by atoms with Gasteiger partial charge in [0.05, 0.1) is 0 Å². The van der Waals surface area contributed by atoms with Gasteiger partial charge in [-0.15, -0.1) is 0 Å². The Hall–Kier alpha value is -2.29. The number of piperidine rings is 2. The van der Waals surface area contributed by atoms with Gasteiger partial charge in [-0.25, -0.2) is 4.39 Å². The molecule has 2 fully saturated rings. The zero-order chi connectivity index (χ0) is 22.2. The summed E-state index contributed by atoms with van der Waals surface area (Å²) in [7, 11) is -0.353. The molecule has 6 nitrogen and oxygen atoms in total. The van der Waals surface area contributed by atoms with Crippen molar-refractivity contribution in [1.29, 1.82) is 0 Å². The molecule has 2 atom stereocenters. The number of carbonyl (C=O) groups excluding carboxylic acids is 1. The molecule has 2 heterocycles. The van der Waals surface area contributed by atoms with Crippen LogP contribution in [0.25, 0.3) is 11.1 Å². The first kappa shape index (κ1) is 21.9. The lowest BCUT2D eigenvalue weighted by Gasteiger charge is -2.47. The Morgan fingerprint density at radius 1 is 1.03 bits per heavy atom. The highest BCUT2D eigenvalue weighted by molar-refractivity contribution is 7.86. The lowest BCUT2D eigenvalue weighted by atomic mass is 9.84. The molecular weight excluding hydrogens is 417 g/mol. The number of rotatable bonds is 4. The minimum Gasteiger partial charge on any atom is -0.335 e. The summed E-state index contributed by atoms with van der Waals surface area (Å²) in [6, 6.07) is 13.7. The Morgan fingerprint density at radius 3 is 2.42 bits per heavy atom. The number of likely N-dealkylation sites (tertiary alicyclic amines) is 1. The molecule has 0 radical (unpaired) electrons. The maximum absolute atomic E-state index is 14.1. The molecule has 0 aliphatic carbocycles. The molecule has 4 rings (SSSR count). The number of hydrogen-bond acceptors (Lipinski definition) is 3. The summed E-state index contributed by atoms with van der Waals surface area (Å²) in [5.41, 5.74) is 1.81. The third kappa shape index (κ3) is 4.24. The Kier molecular flexibility index (Phi) is 6.14. The van der Waals surface area contributed by atoms with E-state index >= 15 is 0 Å². The second kappa shape index (κ2) is 8.68. The number of benzene rings is 2. The molecule has 1 amide bonds. The molecule has 2 saturated heterocycles. The van der Waals surface area contributed by atoms with Crippen molar-refractivity contribution in [2.75, 3.05) is 33.7 Å². The van der Waals surface area contributed by atoms with E-state index in [4.69, 9.17) is 0 Å². The van der Waals surface area contributed by atoms with Gasteiger partial charge in [-0.05, 0) is 48.9 Å². The second-order valence-corrected chi connectivity index (χ2v) is 10.6. The van der Waals surface area contributed by atoms with Crippen molar-refractivity contribution in [3.63, 3.8) is 0 Å². The average molecular weight is 446 g/mol. The van der Waals surface area contributed by atoms with Crippen LogP contribution in [0.2, 0.25) is 0 Å². The van der Waals surface area contributed by atoms with Crippen molar-refractivity contribution in [3.05, 3.63) is 59.9 Å². The predicted octanol–water partition coefficient (Wildman–Crippen LogP) is 3.23. The van der Waals surface area contributed by atoms with Crippen molar-refractivity contribution in [2.45, 2.75) is 25.3 Å². The molecule has 2 aromatic rings. The van der Waals surface area contributed by atoms with Crippen LogP contribution in [0.4, 0.5) is 4.39 Å². The highest BCUT2D eigenvalue weighted by atomic mass is 32.2. The molecule has 166 valence electrons. The zero-order valence-corrected chi connectivity index (χ0v) is 18.7. The summed E-state index contributed by atoms with van der Waals surface area (Å²) >= 11 is 0. The van der Waals surface area contributed by atoms with E-state index in [9.17, 15) is 17.6 Å². The first-order valence-electron chi connectivity index (χ1n) is 10.6. The third-order valence-electron chi connectivity index (χ3n) is 6.40. The molecular formula is C23H28FN3O3S. The number of carbonyl (C=O) groups is 1. The summed E-state index contributed by atoms with van der Waals surface area (Å²) in [5, 5.41) is 0. The average Bonchev–Trinajstić information content (AvgIpc) is 2.78. The molecule has 2 aliphatic heterocycles. The predicted molar refractivity (Wildman–Crippen MR) is 118 cm³/mol. The van der Waals surface area contributed by atoms with Gasteiger partial charge in [0, 0.05) is 50.9 Å². The van der Waals surface area contributed by atoms with Crippen LogP contribution in [0.15, 0.2) is 48.5 Å². The van der Waals surface area contributed by atoms with Crippen LogP contribution in [-0.4, -0.2) is 67.6 Å². The number of fused-ring (bicyclic) bond motifs is 1. The van der Waals surface area contributed by atoms with E-state index in [0.717, 1.165) is 18.4 Å². The summed E-state index contributed by atoms with van der Waals surface area (Å²) in [6.45, 7) is 1.54. The van der Waals surface area contributed by atoms with Gasteiger partial charge in [-0.3, -0.25) is 4.79 Å². The Balaban J connectivity index is 1.50. The summed E-state index contributed by atoms with van der Waals surface area (Å²) < 4.78 is 41.9. The van der Waals surface area contributed by atoms with Gasteiger partial charge in [0.2, 0.25) is 0 Å². The number of nitrogens with zero attached hydrogens (tertiary/aromatic N) is 3. The topological polar surface area (TPSA) is 60.9 Å². The monoisotopic (exact) mass is 445 g/mol. The van der Waals surface area contributed by atoms with Crippen molar-refractivity contribution in [1.82, 2.24) is 13.5 Å². The van der Waals surface area contributed by atoms with E-state index in [1.807, 2.05) is 4.90 Å². The lowest BCUT2D eigenvalue weighted by Crippen LogP contribution is -2.57. The molecule has 0 N–H and O–H groups in total. The van der Waals surface area contributed by atoms with Crippen molar-refractivity contribution < 1.29 is 17.6 Å².